The molecule has 4 heteroatoms. The second-order valence-corrected chi connectivity index (χ2v) is 14.1. The van der Waals surface area contributed by atoms with Crippen LogP contribution in [-0.4, -0.2) is 11.9 Å². The van der Waals surface area contributed by atoms with E-state index in [-0.39, 0.29) is 22.8 Å². The normalized spacial score (nSPS) is 33.3. The topological polar surface area (TPSA) is 52.6 Å². The van der Waals surface area contributed by atoms with Crippen molar-refractivity contribution in [1.29, 1.82) is 0 Å². The predicted octanol–water partition coefficient (Wildman–Crippen LogP) is 8.74. The molecule has 2 aromatic rings. The lowest BCUT2D eigenvalue weighted by molar-refractivity contribution is -0.627. The van der Waals surface area contributed by atoms with Gasteiger partial charge >= 0.3 is 11.9 Å². The predicted molar refractivity (Wildman–Crippen MR) is 164 cm³/mol. The molecule has 0 heterocycles. The van der Waals surface area contributed by atoms with Crippen LogP contribution in [0.4, 0.5) is 0 Å². The molecule has 0 aromatic heterocycles. The van der Waals surface area contributed by atoms with Gasteiger partial charge in [-0.05, 0) is 96.6 Å². The van der Waals surface area contributed by atoms with E-state index in [1.807, 2.05) is 24.3 Å². The van der Waals surface area contributed by atoms with E-state index in [1.165, 1.54) is 88.2 Å². The summed E-state index contributed by atoms with van der Waals surface area (Å²) >= 11 is 0. The van der Waals surface area contributed by atoms with Crippen molar-refractivity contribution in [3.63, 3.8) is 0 Å². The quantitative estimate of drug-likeness (QED) is 0.102. The average Bonchev–Trinajstić information content (AvgIpc) is 3.02. The number of benzene rings is 2. The van der Waals surface area contributed by atoms with Gasteiger partial charge in [0.25, 0.3) is 0 Å². The molecule has 0 atom stereocenters. The number of aryl methyl sites for hydroxylation is 2. The van der Waals surface area contributed by atoms with Crippen LogP contribution in [0.1, 0.15) is 102 Å². The van der Waals surface area contributed by atoms with Crippen molar-refractivity contribution in [2.75, 3.05) is 0 Å². The van der Waals surface area contributed by atoms with Gasteiger partial charge in [0.15, 0.2) is 0 Å². The monoisotopic (exact) mass is 568 g/mol. The Morgan fingerprint density at radius 1 is 0.500 bits per heavy atom. The minimum atomic E-state index is -0.294. The van der Waals surface area contributed by atoms with Gasteiger partial charge in [0.05, 0.1) is 10.8 Å². The van der Waals surface area contributed by atoms with Crippen molar-refractivity contribution in [1.82, 2.24) is 0 Å². The Hall–Kier alpha value is -2.62. The zero-order valence-electron chi connectivity index (χ0n) is 25.6. The molecule has 0 unspecified atom stereocenters. The van der Waals surface area contributed by atoms with Gasteiger partial charge < -0.3 is 9.47 Å². The summed E-state index contributed by atoms with van der Waals surface area (Å²) in [6, 6.07) is 16.3. The second-order valence-electron chi connectivity index (χ2n) is 14.1. The van der Waals surface area contributed by atoms with Gasteiger partial charge in [0.2, 0.25) is 0 Å². The van der Waals surface area contributed by atoms with Crippen LogP contribution in [-0.2, 0) is 22.4 Å². The van der Waals surface area contributed by atoms with Gasteiger partial charge in [-0.3, -0.25) is 9.59 Å². The number of hydrogen-bond donors (Lipinski definition) is 0. The van der Waals surface area contributed by atoms with Gasteiger partial charge in [-0.25, -0.2) is 0 Å². The van der Waals surface area contributed by atoms with Crippen LogP contribution in [0.5, 0.6) is 11.5 Å². The fourth-order valence-corrected chi connectivity index (χ4v) is 10.4. The fraction of sp³-hybridized carbons (Fsp3) is 0.632. The highest BCUT2D eigenvalue weighted by atomic mass is 16.5. The van der Waals surface area contributed by atoms with E-state index in [2.05, 4.69) is 38.1 Å². The highest BCUT2D eigenvalue weighted by Gasteiger charge is 3.13. The lowest BCUT2D eigenvalue weighted by atomic mass is 8.92. The van der Waals surface area contributed by atoms with E-state index >= 15 is 0 Å². The van der Waals surface area contributed by atoms with Crippen LogP contribution in [0.15, 0.2) is 48.5 Å². The minimum Gasteiger partial charge on any atom is -0.426 e. The molecular weight excluding hydrogens is 520 g/mol. The molecular formula is C38H48O4. The Bertz CT molecular complexity index is 1140. The van der Waals surface area contributed by atoms with E-state index in [9.17, 15) is 9.59 Å². The standard InChI is InChI=1S/C38H48O4/c1-3-5-7-9-11-13-15-25-17-21-27(22-18-25)41-35(39)37-29-32-30(37)34-31(37)33(29)38(32,34)36(40)42-28-23-19-26(20-24-28)16-14-12-10-8-6-4-2/h17-24,29-34H,3-16H2,1-2H3. The third kappa shape index (κ3) is 3.85. The Kier molecular flexibility index (Phi) is 7.47. The summed E-state index contributed by atoms with van der Waals surface area (Å²) in [7, 11) is 0. The van der Waals surface area contributed by atoms with Gasteiger partial charge in [0, 0.05) is 0 Å². The summed E-state index contributed by atoms with van der Waals surface area (Å²) in [5, 5.41) is 0. The van der Waals surface area contributed by atoms with Crippen molar-refractivity contribution in [3.05, 3.63) is 59.7 Å². The zero-order chi connectivity index (χ0) is 28.9. The molecule has 0 N–H and O–H groups in total. The number of unbranched alkanes of at least 4 members (excludes halogenated alkanes) is 10. The SMILES string of the molecule is CCCCCCCCc1ccc(OC(=O)C23C4C5C2C2C3C4C52C(=O)Oc2ccc(CCCCCCCC)cc2)cc1. The molecule has 2 aromatic carbocycles. The summed E-state index contributed by atoms with van der Waals surface area (Å²) in [5.41, 5.74) is 2.04. The van der Waals surface area contributed by atoms with E-state index in [0.29, 0.717) is 47.0 Å². The summed E-state index contributed by atoms with van der Waals surface area (Å²) in [5.74, 6) is 3.26. The molecule has 0 spiro atoms. The van der Waals surface area contributed by atoms with Crippen LogP contribution in [0.2, 0.25) is 0 Å². The molecule has 0 amide bonds. The Morgan fingerprint density at radius 2 is 0.810 bits per heavy atom. The van der Waals surface area contributed by atoms with Crippen LogP contribution in [0.25, 0.3) is 0 Å². The lowest BCUT2D eigenvalue weighted by Gasteiger charge is -3.08. The largest absolute Gasteiger partial charge is 0.426 e. The summed E-state index contributed by atoms with van der Waals surface area (Å²) in [4.78, 5) is 26.8. The first-order chi connectivity index (χ1) is 20.6. The van der Waals surface area contributed by atoms with Crippen LogP contribution >= 0.6 is 0 Å². The third-order valence-corrected chi connectivity index (χ3v) is 12.2. The number of rotatable bonds is 18. The van der Waals surface area contributed by atoms with E-state index in [4.69, 9.17) is 9.47 Å². The molecule has 0 aliphatic heterocycles. The molecule has 224 valence electrons. The van der Waals surface area contributed by atoms with E-state index < -0.39 is 0 Å². The lowest BCUT2D eigenvalue weighted by Crippen LogP contribution is -3.12. The van der Waals surface area contributed by atoms with E-state index in [1.54, 1.807) is 0 Å². The molecule has 0 radical (unpaired) electrons. The summed E-state index contributed by atoms with van der Waals surface area (Å²) in [6.07, 6.45) is 17.8. The van der Waals surface area contributed by atoms with Crippen molar-refractivity contribution in [3.8, 4) is 11.5 Å². The minimum absolute atomic E-state index is 0.0439. The molecule has 6 fully saturated rings. The third-order valence-electron chi connectivity index (χ3n) is 12.2. The highest BCUT2D eigenvalue weighted by Crippen LogP contribution is 3.10. The summed E-state index contributed by atoms with van der Waals surface area (Å²) < 4.78 is 11.9. The molecule has 6 saturated carbocycles. The Morgan fingerprint density at radius 3 is 1.14 bits per heavy atom. The molecule has 8 rings (SSSR count). The maximum Gasteiger partial charge on any atom is 0.318 e. The smallest absolute Gasteiger partial charge is 0.318 e. The van der Waals surface area contributed by atoms with E-state index in [0.717, 1.165) is 12.8 Å². The number of hydrogen-bond acceptors (Lipinski definition) is 4. The number of ether oxygens (including phenoxy) is 2. The molecule has 6 aliphatic carbocycles. The molecule has 6 aliphatic rings. The maximum atomic E-state index is 13.4. The van der Waals surface area contributed by atoms with Crippen LogP contribution in [0.3, 0.4) is 0 Å². The first kappa shape index (κ1) is 28.2. The molecule has 0 saturated heterocycles. The maximum absolute atomic E-state index is 13.4. The summed E-state index contributed by atoms with van der Waals surface area (Å²) in [6.45, 7) is 4.50. The van der Waals surface area contributed by atoms with Crippen molar-refractivity contribution < 1.29 is 19.1 Å². The van der Waals surface area contributed by atoms with Crippen molar-refractivity contribution in [2.24, 2.45) is 46.3 Å². The molecule has 42 heavy (non-hydrogen) atoms. The number of carbonyl (C=O) groups excluding carboxylic acids is 2. The van der Waals surface area contributed by atoms with Crippen molar-refractivity contribution >= 4 is 11.9 Å². The second kappa shape index (κ2) is 11.1. The first-order valence-corrected chi connectivity index (χ1v) is 17.2. The average molecular weight is 569 g/mol. The van der Waals surface area contributed by atoms with Gasteiger partial charge in [-0.15, -0.1) is 0 Å². The highest BCUT2D eigenvalue weighted by molar-refractivity contribution is 5.98. The number of esters is 2. The fourth-order valence-electron chi connectivity index (χ4n) is 10.4. The van der Waals surface area contributed by atoms with Gasteiger partial charge in [0.1, 0.15) is 11.5 Å². The Balaban J connectivity index is 0.864. The Labute approximate surface area is 251 Å². The van der Waals surface area contributed by atoms with Crippen LogP contribution in [0, 0.1) is 46.3 Å². The van der Waals surface area contributed by atoms with Gasteiger partial charge in [-0.2, -0.15) is 0 Å². The molecule has 4 nitrogen and oxygen atoms in total. The van der Waals surface area contributed by atoms with Gasteiger partial charge in [-0.1, -0.05) is 102 Å². The van der Waals surface area contributed by atoms with Crippen LogP contribution < -0.4 is 9.47 Å². The van der Waals surface area contributed by atoms with Crippen molar-refractivity contribution in [2.45, 2.75) is 104 Å². The number of carbonyl (C=O) groups is 2. The first-order valence-electron chi connectivity index (χ1n) is 17.2. The molecule has 0 bridgehead atoms. The zero-order valence-corrected chi connectivity index (χ0v) is 25.6.